The van der Waals surface area contributed by atoms with E-state index in [9.17, 15) is 27.5 Å². The van der Waals surface area contributed by atoms with Crippen molar-refractivity contribution < 1.29 is 22.3 Å². The van der Waals surface area contributed by atoms with Gasteiger partial charge in [0, 0.05) is 57.7 Å². The van der Waals surface area contributed by atoms with Crippen LogP contribution >= 0.6 is 10.7 Å². The number of rotatable bonds is 6. The molecular weight excluding hydrogens is 344 g/mol. The molecule has 0 saturated heterocycles. The number of hydrogen-bond donors (Lipinski definition) is 1. The second-order valence-corrected chi connectivity index (χ2v) is 8.06. The quantitative estimate of drug-likeness (QED) is 0.454. The van der Waals surface area contributed by atoms with Gasteiger partial charge in [0.1, 0.15) is 0 Å². The lowest BCUT2D eigenvalue weighted by molar-refractivity contribution is -0.385. The van der Waals surface area contributed by atoms with E-state index < -0.39 is 41.3 Å². The third kappa shape index (κ3) is 5.40. The van der Waals surface area contributed by atoms with Gasteiger partial charge in [-0.05, 0) is 6.07 Å². The number of non-ortho nitro benzene ring substituents is 1. The monoisotopic (exact) mass is 354 g/mol. The lowest BCUT2D eigenvalue weighted by Crippen LogP contribution is -2.27. The van der Waals surface area contributed by atoms with E-state index in [-0.39, 0.29) is 17.9 Å². The first kappa shape index (κ1) is 17.5. The van der Waals surface area contributed by atoms with E-state index in [4.69, 9.17) is 10.7 Å². The fourth-order valence-corrected chi connectivity index (χ4v) is 2.56. The molecule has 0 bridgehead atoms. The van der Waals surface area contributed by atoms with Gasteiger partial charge in [-0.25, -0.2) is 8.42 Å². The third-order valence-electron chi connectivity index (χ3n) is 2.32. The van der Waals surface area contributed by atoms with Gasteiger partial charge in [0.05, 0.1) is 9.82 Å². The maximum Gasteiger partial charge on any atom is 0.271 e. The van der Waals surface area contributed by atoms with Crippen LogP contribution in [-0.2, 0) is 19.9 Å². The second kappa shape index (κ2) is 6.96. The molecule has 1 unspecified atom stereocenters. The molecule has 0 spiro atoms. The van der Waals surface area contributed by atoms with Crippen molar-refractivity contribution in [3.63, 3.8) is 0 Å². The van der Waals surface area contributed by atoms with Gasteiger partial charge in [-0.2, -0.15) is 0 Å². The van der Waals surface area contributed by atoms with E-state index in [0.29, 0.717) is 0 Å². The minimum atomic E-state index is -4.21. The van der Waals surface area contributed by atoms with Crippen LogP contribution < -0.4 is 5.32 Å². The maximum atomic E-state index is 11.8. The van der Waals surface area contributed by atoms with Gasteiger partial charge in [0.25, 0.3) is 20.6 Å². The molecule has 1 aromatic rings. The van der Waals surface area contributed by atoms with Gasteiger partial charge >= 0.3 is 0 Å². The summed E-state index contributed by atoms with van der Waals surface area (Å²) >= 11 is 0. The summed E-state index contributed by atoms with van der Waals surface area (Å²) in [6.07, 6.45) is 1.46. The van der Waals surface area contributed by atoms with Crippen molar-refractivity contribution in [3.8, 4) is 0 Å². The summed E-state index contributed by atoms with van der Waals surface area (Å²) < 4.78 is 33.4. The number of benzene rings is 1. The molecule has 0 radical (unpaired) electrons. The largest absolute Gasteiger partial charge is 0.351 e. The Labute approximate surface area is 127 Å². The van der Waals surface area contributed by atoms with Crippen molar-refractivity contribution >= 4 is 42.1 Å². The van der Waals surface area contributed by atoms with Crippen LogP contribution in [0.3, 0.4) is 0 Å². The lowest BCUT2D eigenvalue weighted by Gasteiger charge is -2.05. The molecule has 0 fully saturated rings. The van der Waals surface area contributed by atoms with Crippen LogP contribution in [0.4, 0.5) is 5.69 Å². The number of nitrogens with one attached hydrogen (secondary N) is 1. The standard InChI is InChI=1S/C10H11ClN2O6S2/c1-20(17)3-2-12-10(14)7-4-8(13(15)16)6-9(5-7)21(11,18)19/h4-6H,2-3H2,1H3,(H,12,14). The molecule has 21 heavy (non-hydrogen) atoms. The third-order valence-corrected chi connectivity index (χ3v) is 4.43. The van der Waals surface area contributed by atoms with Crippen molar-refractivity contribution in [2.24, 2.45) is 0 Å². The van der Waals surface area contributed by atoms with Crippen LogP contribution in [0.25, 0.3) is 0 Å². The van der Waals surface area contributed by atoms with Crippen LogP contribution in [0.2, 0.25) is 0 Å². The number of nitro groups is 1. The van der Waals surface area contributed by atoms with Crippen molar-refractivity contribution in [2.45, 2.75) is 4.90 Å². The van der Waals surface area contributed by atoms with E-state index in [1.807, 2.05) is 0 Å². The molecule has 0 saturated carbocycles. The molecule has 1 atom stereocenters. The van der Waals surface area contributed by atoms with Crippen LogP contribution in [-0.4, -0.2) is 42.0 Å². The zero-order valence-electron chi connectivity index (χ0n) is 10.7. The molecule has 0 aromatic heterocycles. The van der Waals surface area contributed by atoms with Gasteiger partial charge in [0.15, 0.2) is 0 Å². The first-order valence-corrected chi connectivity index (χ1v) is 9.47. The van der Waals surface area contributed by atoms with Gasteiger partial charge in [-0.1, -0.05) is 0 Å². The summed E-state index contributed by atoms with van der Waals surface area (Å²) in [4.78, 5) is 21.2. The Hall–Kier alpha value is -1.52. The summed E-state index contributed by atoms with van der Waals surface area (Å²) in [6.45, 7) is 0.0909. The van der Waals surface area contributed by atoms with E-state index in [1.165, 1.54) is 6.26 Å². The van der Waals surface area contributed by atoms with Crippen LogP contribution in [0.1, 0.15) is 10.4 Å². The predicted molar refractivity (Wildman–Crippen MR) is 77.4 cm³/mol. The van der Waals surface area contributed by atoms with E-state index >= 15 is 0 Å². The van der Waals surface area contributed by atoms with Crippen LogP contribution in [0.15, 0.2) is 23.1 Å². The number of hydrogen-bond acceptors (Lipinski definition) is 6. The first-order valence-electron chi connectivity index (χ1n) is 5.43. The van der Waals surface area contributed by atoms with E-state index in [0.717, 1.165) is 18.2 Å². The molecule has 1 N–H and O–H groups in total. The highest BCUT2D eigenvalue weighted by atomic mass is 35.7. The SMILES string of the molecule is CS(=O)CCNC(=O)c1cc([N+](=O)[O-])cc(S(=O)(=O)Cl)c1. The Morgan fingerprint density at radius 2 is 2.05 bits per heavy atom. The Morgan fingerprint density at radius 3 is 2.52 bits per heavy atom. The van der Waals surface area contributed by atoms with Gasteiger partial charge in [0.2, 0.25) is 0 Å². The summed E-state index contributed by atoms with van der Waals surface area (Å²) in [5, 5.41) is 13.1. The Morgan fingerprint density at radius 1 is 1.43 bits per heavy atom. The molecule has 0 heterocycles. The normalized spacial score (nSPS) is 12.7. The summed E-state index contributed by atoms with van der Waals surface area (Å²) in [5.74, 6) is -0.507. The smallest absolute Gasteiger partial charge is 0.271 e. The van der Waals surface area contributed by atoms with Crippen LogP contribution in [0, 0.1) is 10.1 Å². The van der Waals surface area contributed by atoms with Gasteiger partial charge in [-0.3, -0.25) is 19.1 Å². The Kier molecular flexibility index (Phi) is 5.81. The molecule has 1 aromatic carbocycles. The van der Waals surface area contributed by atoms with Crippen molar-refractivity contribution in [3.05, 3.63) is 33.9 Å². The topological polar surface area (TPSA) is 123 Å². The highest BCUT2D eigenvalue weighted by molar-refractivity contribution is 8.13. The minimum absolute atomic E-state index is 0.0909. The molecular formula is C10H11ClN2O6S2. The van der Waals surface area contributed by atoms with Crippen molar-refractivity contribution in [1.29, 1.82) is 0 Å². The second-order valence-electron chi connectivity index (χ2n) is 3.94. The highest BCUT2D eigenvalue weighted by Gasteiger charge is 2.20. The minimum Gasteiger partial charge on any atom is -0.351 e. The number of nitrogens with zero attached hydrogens (tertiary/aromatic N) is 1. The van der Waals surface area contributed by atoms with Crippen molar-refractivity contribution in [2.75, 3.05) is 18.6 Å². The number of carbonyl (C=O) groups is 1. The van der Waals surface area contributed by atoms with Crippen molar-refractivity contribution in [1.82, 2.24) is 5.32 Å². The average molecular weight is 355 g/mol. The molecule has 11 heteroatoms. The summed E-state index contributed by atoms with van der Waals surface area (Å²) in [6, 6.07) is 2.64. The molecule has 1 rings (SSSR count). The lowest BCUT2D eigenvalue weighted by atomic mass is 10.2. The van der Waals surface area contributed by atoms with E-state index in [1.54, 1.807) is 0 Å². The molecule has 0 aliphatic carbocycles. The number of carbonyl (C=O) groups excluding carboxylic acids is 1. The fourth-order valence-electron chi connectivity index (χ4n) is 1.37. The Bertz CT molecular complexity index is 703. The zero-order chi connectivity index (χ0) is 16.2. The molecule has 0 aliphatic rings. The van der Waals surface area contributed by atoms with E-state index in [2.05, 4.69) is 5.32 Å². The van der Waals surface area contributed by atoms with Gasteiger partial charge < -0.3 is 5.32 Å². The molecule has 0 aliphatic heterocycles. The fraction of sp³-hybridized carbons (Fsp3) is 0.300. The number of amides is 1. The molecule has 8 nitrogen and oxygen atoms in total. The summed E-state index contributed by atoms with van der Waals surface area (Å²) in [5.41, 5.74) is -0.786. The first-order chi connectivity index (χ1) is 9.61. The van der Waals surface area contributed by atoms with Crippen LogP contribution in [0.5, 0.6) is 0 Å². The highest BCUT2D eigenvalue weighted by Crippen LogP contribution is 2.23. The summed E-state index contributed by atoms with van der Waals surface area (Å²) in [7, 11) is -0.183. The average Bonchev–Trinajstić information content (AvgIpc) is 2.36. The Balaban J connectivity index is 3.11. The molecule has 116 valence electrons. The number of nitro benzene ring substituents is 1. The van der Waals surface area contributed by atoms with Gasteiger partial charge in [-0.15, -0.1) is 0 Å². The predicted octanol–water partition coefficient (Wildman–Crippen LogP) is 0.631. The zero-order valence-corrected chi connectivity index (χ0v) is 13.1. The molecule has 1 amide bonds. The number of halogens is 1. The maximum absolute atomic E-state index is 11.8.